The van der Waals surface area contributed by atoms with Gasteiger partial charge in [-0.2, -0.15) is 0 Å². The van der Waals surface area contributed by atoms with Crippen molar-refractivity contribution < 1.29 is 18.0 Å². The molecule has 0 radical (unpaired) electrons. The number of amides is 2. The van der Waals surface area contributed by atoms with Crippen LogP contribution < -0.4 is 9.62 Å². The number of halogens is 1. The Kier molecular flexibility index (Phi) is 10.7. The maximum atomic E-state index is 13.9. The predicted octanol–water partition coefficient (Wildman–Crippen LogP) is 5.59. The number of rotatable bonds is 12. The first-order chi connectivity index (χ1) is 18.5. The highest BCUT2D eigenvalue weighted by Gasteiger charge is 2.32. The molecular weight excluding hydrogens is 578 g/mol. The van der Waals surface area contributed by atoms with Crippen LogP contribution in [-0.4, -0.2) is 44.3 Å². The standard InChI is InChI=1S/C30H36BrN3O4S/c1-5-6-19-32-30(36)24(4)33(20-25-11-7-22(2)8-12-25)29(35)21-34(27-15-13-26(31)14-16-27)39(37,38)28-17-9-23(3)10-18-28/h7-18,24H,5-6,19-21H2,1-4H3,(H,32,36). The van der Waals surface area contributed by atoms with Crippen molar-refractivity contribution in [1.29, 1.82) is 0 Å². The van der Waals surface area contributed by atoms with Crippen LogP contribution in [0.5, 0.6) is 0 Å². The third-order valence-corrected chi connectivity index (χ3v) is 8.79. The molecule has 2 amide bonds. The molecule has 0 spiro atoms. The van der Waals surface area contributed by atoms with Gasteiger partial charge in [0.25, 0.3) is 10.0 Å². The van der Waals surface area contributed by atoms with Gasteiger partial charge in [0.15, 0.2) is 0 Å². The fraction of sp³-hybridized carbons (Fsp3) is 0.333. The van der Waals surface area contributed by atoms with Crippen molar-refractivity contribution in [3.8, 4) is 0 Å². The van der Waals surface area contributed by atoms with Gasteiger partial charge in [-0.1, -0.05) is 76.8 Å². The van der Waals surface area contributed by atoms with Crippen LogP contribution in [-0.2, 0) is 26.2 Å². The van der Waals surface area contributed by atoms with Crippen LogP contribution in [0.4, 0.5) is 5.69 Å². The van der Waals surface area contributed by atoms with E-state index in [1.54, 1.807) is 43.3 Å². The molecule has 3 rings (SSSR count). The highest BCUT2D eigenvalue weighted by atomic mass is 79.9. The zero-order chi connectivity index (χ0) is 28.6. The molecule has 9 heteroatoms. The van der Waals surface area contributed by atoms with E-state index in [0.717, 1.165) is 38.3 Å². The molecule has 7 nitrogen and oxygen atoms in total. The Morgan fingerprint density at radius 3 is 2.03 bits per heavy atom. The molecule has 3 aromatic rings. The Morgan fingerprint density at radius 2 is 1.46 bits per heavy atom. The lowest BCUT2D eigenvalue weighted by atomic mass is 10.1. The fourth-order valence-corrected chi connectivity index (χ4v) is 5.66. The lowest BCUT2D eigenvalue weighted by Gasteiger charge is -2.32. The lowest BCUT2D eigenvalue weighted by molar-refractivity contribution is -0.139. The van der Waals surface area contributed by atoms with E-state index in [0.29, 0.717) is 12.2 Å². The van der Waals surface area contributed by atoms with Crippen molar-refractivity contribution in [2.75, 3.05) is 17.4 Å². The zero-order valence-electron chi connectivity index (χ0n) is 22.9. The molecule has 0 fully saturated rings. The quantitative estimate of drug-likeness (QED) is 0.270. The van der Waals surface area contributed by atoms with E-state index >= 15 is 0 Å². The number of anilines is 1. The summed E-state index contributed by atoms with van der Waals surface area (Å²) in [5.41, 5.74) is 3.20. The summed E-state index contributed by atoms with van der Waals surface area (Å²) in [6.45, 7) is 7.78. The number of nitrogens with zero attached hydrogens (tertiary/aromatic N) is 2. The maximum Gasteiger partial charge on any atom is 0.264 e. The minimum absolute atomic E-state index is 0.0826. The SMILES string of the molecule is CCCCNC(=O)C(C)N(Cc1ccc(C)cc1)C(=O)CN(c1ccc(Br)cc1)S(=O)(=O)c1ccc(C)cc1. The smallest absolute Gasteiger partial charge is 0.264 e. The van der Waals surface area contributed by atoms with E-state index in [-0.39, 0.29) is 17.3 Å². The Labute approximate surface area is 240 Å². The van der Waals surface area contributed by atoms with Gasteiger partial charge < -0.3 is 10.2 Å². The second-order valence-corrected chi connectivity index (χ2v) is 12.4. The van der Waals surface area contributed by atoms with Crippen LogP contribution in [0.1, 0.15) is 43.4 Å². The van der Waals surface area contributed by atoms with Crippen LogP contribution in [0.15, 0.2) is 82.2 Å². The van der Waals surface area contributed by atoms with Gasteiger partial charge in [-0.15, -0.1) is 0 Å². The van der Waals surface area contributed by atoms with E-state index < -0.39 is 28.5 Å². The molecule has 0 bridgehead atoms. The normalized spacial score (nSPS) is 12.0. The van der Waals surface area contributed by atoms with Crippen molar-refractivity contribution in [2.24, 2.45) is 0 Å². The van der Waals surface area contributed by atoms with Gasteiger partial charge in [0.1, 0.15) is 12.6 Å². The van der Waals surface area contributed by atoms with Crippen molar-refractivity contribution >= 4 is 43.5 Å². The minimum atomic E-state index is -4.08. The fourth-order valence-electron chi connectivity index (χ4n) is 3.98. The Hall–Kier alpha value is -3.17. The van der Waals surface area contributed by atoms with E-state index in [1.807, 2.05) is 45.0 Å². The van der Waals surface area contributed by atoms with Crippen molar-refractivity contribution in [2.45, 2.75) is 58.0 Å². The maximum absolute atomic E-state index is 13.9. The number of aryl methyl sites for hydroxylation is 2. The van der Waals surface area contributed by atoms with E-state index in [1.165, 1.54) is 17.0 Å². The summed E-state index contributed by atoms with van der Waals surface area (Å²) >= 11 is 3.39. The van der Waals surface area contributed by atoms with Gasteiger partial charge in [0, 0.05) is 17.6 Å². The number of sulfonamides is 1. The molecule has 0 aromatic heterocycles. The summed E-state index contributed by atoms with van der Waals surface area (Å²) in [5, 5.41) is 2.90. The second-order valence-electron chi connectivity index (χ2n) is 9.63. The van der Waals surface area contributed by atoms with Gasteiger partial charge in [-0.25, -0.2) is 8.42 Å². The first-order valence-electron chi connectivity index (χ1n) is 13.0. The van der Waals surface area contributed by atoms with E-state index in [4.69, 9.17) is 0 Å². The van der Waals surface area contributed by atoms with Crippen LogP contribution >= 0.6 is 15.9 Å². The molecule has 3 aromatic carbocycles. The molecule has 1 unspecified atom stereocenters. The number of carbonyl (C=O) groups is 2. The number of unbranched alkanes of at least 4 members (excludes halogenated alkanes) is 1. The molecule has 0 heterocycles. The summed E-state index contributed by atoms with van der Waals surface area (Å²) in [4.78, 5) is 28.4. The molecule has 0 saturated heterocycles. The van der Waals surface area contributed by atoms with E-state index in [9.17, 15) is 18.0 Å². The summed E-state index contributed by atoms with van der Waals surface area (Å²) in [6.07, 6.45) is 1.76. The van der Waals surface area contributed by atoms with Crippen LogP contribution in [0.2, 0.25) is 0 Å². The van der Waals surface area contributed by atoms with E-state index in [2.05, 4.69) is 21.2 Å². The first-order valence-corrected chi connectivity index (χ1v) is 15.2. The highest BCUT2D eigenvalue weighted by molar-refractivity contribution is 9.10. The monoisotopic (exact) mass is 613 g/mol. The average Bonchev–Trinajstić information content (AvgIpc) is 2.91. The number of hydrogen-bond donors (Lipinski definition) is 1. The molecular formula is C30H36BrN3O4S. The Bertz CT molecular complexity index is 1360. The van der Waals surface area contributed by atoms with Crippen molar-refractivity contribution in [1.82, 2.24) is 10.2 Å². The summed E-state index contributed by atoms with van der Waals surface area (Å²) in [7, 11) is -4.08. The highest BCUT2D eigenvalue weighted by Crippen LogP contribution is 2.26. The molecule has 208 valence electrons. The average molecular weight is 615 g/mol. The summed E-state index contributed by atoms with van der Waals surface area (Å²) in [6, 6.07) is 20.2. The molecule has 0 aliphatic carbocycles. The van der Waals surface area contributed by atoms with Crippen molar-refractivity contribution in [3.05, 3.63) is 94.0 Å². The lowest BCUT2D eigenvalue weighted by Crippen LogP contribution is -2.51. The molecule has 0 aliphatic rings. The van der Waals surface area contributed by atoms with Crippen LogP contribution in [0.25, 0.3) is 0 Å². The third kappa shape index (κ3) is 8.16. The molecule has 39 heavy (non-hydrogen) atoms. The molecule has 1 N–H and O–H groups in total. The molecule has 0 saturated carbocycles. The predicted molar refractivity (Wildman–Crippen MR) is 159 cm³/mol. The van der Waals surface area contributed by atoms with Crippen LogP contribution in [0.3, 0.4) is 0 Å². The topological polar surface area (TPSA) is 86.8 Å². The second kappa shape index (κ2) is 13.8. The summed E-state index contributed by atoms with van der Waals surface area (Å²) in [5.74, 6) is -0.757. The van der Waals surface area contributed by atoms with Gasteiger partial charge in [-0.3, -0.25) is 13.9 Å². The van der Waals surface area contributed by atoms with Gasteiger partial charge in [0.2, 0.25) is 11.8 Å². The Morgan fingerprint density at radius 1 is 0.897 bits per heavy atom. The van der Waals surface area contributed by atoms with Crippen molar-refractivity contribution in [3.63, 3.8) is 0 Å². The largest absolute Gasteiger partial charge is 0.354 e. The number of hydrogen-bond acceptors (Lipinski definition) is 4. The first kappa shape index (κ1) is 30.4. The number of carbonyl (C=O) groups excluding carboxylic acids is 2. The Balaban J connectivity index is 1.98. The summed E-state index contributed by atoms with van der Waals surface area (Å²) < 4.78 is 29.5. The van der Waals surface area contributed by atoms with Gasteiger partial charge in [-0.05, 0) is 69.2 Å². The molecule has 0 aliphatic heterocycles. The minimum Gasteiger partial charge on any atom is -0.354 e. The van der Waals surface area contributed by atoms with Gasteiger partial charge >= 0.3 is 0 Å². The third-order valence-electron chi connectivity index (χ3n) is 6.47. The molecule has 1 atom stereocenters. The van der Waals surface area contributed by atoms with Gasteiger partial charge in [0.05, 0.1) is 10.6 Å². The zero-order valence-corrected chi connectivity index (χ0v) is 25.3. The number of benzene rings is 3. The van der Waals surface area contributed by atoms with Crippen LogP contribution in [0, 0.1) is 13.8 Å². The number of nitrogens with one attached hydrogen (secondary N) is 1.